The van der Waals surface area contributed by atoms with Crippen LogP contribution in [0.15, 0.2) is 18.2 Å². The summed E-state index contributed by atoms with van der Waals surface area (Å²) in [6, 6.07) is 6.06. The summed E-state index contributed by atoms with van der Waals surface area (Å²) in [5, 5.41) is 1.09. The van der Waals surface area contributed by atoms with Gasteiger partial charge in [0.05, 0.1) is 22.5 Å². The highest BCUT2D eigenvalue weighted by molar-refractivity contribution is 6.32. The second-order valence-corrected chi connectivity index (χ2v) is 3.53. The first-order valence-corrected chi connectivity index (χ1v) is 4.47. The number of likely N-dealkylation sites (N-methyl/N-ethyl adjacent to an activating group) is 1. The molecule has 0 saturated heterocycles. The number of hydrogen-bond donors (Lipinski definition) is 0. The largest absolute Gasteiger partial charge is 0.490 e. The van der Waals surface area contributed by atoms with Crippen molar-refractivity contribution in [2.75, 3.05) is 25.1 Å². The van der Waals surface area contributed by atoms with Gasteiger partial charge in [0.15, 0.2) is 0 Å². The standard InChI is InChI=1S/C9H10NOSi/c1-10-4-5-11-9-3-2-7(12)6-8(9)10/h2-3,6H,4-5H2,1H3. The second kappa shape index (κ2) is 2.82. The van der Waals surface area contributed by atoms with Gasteiger partial charge in [0.25, 0.3) is 0 Å². The Morgan fingerprint density at radius 1 is 1.50 bits per heavy atom. The molecule has 0 fully saturated rings. The van der Waals surface area contributed by atoms with Gasteiger partial charge in [-0.3, -0.25) is 0 Å². The van der Waals surface area contributed by atoms with Gasteiger partial charge in [0.2, 0.25) is 0 Å². The van der Waals surface area contributed by atoms with Crippen LogP contribution < -0.4 is 14.8 Å². The summed E-state index contributed by atoms with van der Waals surface area (Å²) in [7, 11) is 5.56. The molecular formula is C9H10NOSi. The smallest absolute Gasteiger partial charge is 0.142 e. The van der Waals surface area contributed by atoms with E-state index in [9.17, 15) is 0 Å². The summed E-state index contributed by atoms with van der Waals surface area (Å²) in [6.45, 7) is 1.74. The molecule has 0 saturated carbocycles. The van der Waals surface area contributed by atoms with Crippen LogP contribution in [0, 0.1) is 0 Å². The second-order valence-electron chi connectivity index (χ2n) is 2.95. The molecule has 1 aliphatic heterocycles. The fourth-order valence-corrected chi connectivity index (χ4v) is 1.57. The monoisotopic (exact) mass is 176 g/mol. The molecule has 0 bridgehead atoms. The van der Waals surface area contributed by atoms with Crippen molar-refractivity contribution in [3.8, 4) is 5.75 Å². The molecule has 0 unspecified atom stereocenters. The first kappa shape index (κ1) is 7.67. The van der Waals surface area contributed by atoms with E-state index >= 15 is 0 Å². The average molecular weight is 176 g/mol. The molecule has 2 rings (SSSR count). The first-order valence-electron chi connectivity index (χ1n) is 3.97. The van der Waals surface area contributed by atoms with Crippen LogP contribution in [0.25, 0.3) is 0 Å². The molecule has 1 aromatic rings. The quantitative estimate of drug-likeness (QED) is 0.527. The van der Waals surface area contributed by atoms with Crippen molar-refractivity contribution in [2.45, 2.75) is 0 Å². The Bertz CT molecular complexity index is 301. The molecule has 1 heterocycles. The van der Waals surface area contributed by atoms with Gasteiger partial charge in [-0.2, -0.15) is 0 Å². The summed E-state index contributed by atoms with van der Waals surface area (Å²) in [5.74, 6) is 0.978. The zero-order chi connectivity index (χ0) is 8.55. The van der Waals surface area contributed by atoms with Gasteiger partial charge >= 0.3 is 0 Å². The van der Waals surface area contributed by atoms with Gasteiger partial charge in [-0.15, -0.1) is 0 Å². The van der Waals surface area contributed by atoms with E-state index in [1.165, 1.54) is 0 Å². The molecule has 2 nitrogen and oxygen atoms in total. The van der Waals surface area contributed by atoms with Crippen LogP contribution in [0.1, 0.15) is 0 Å². The van der Waals surface area contributed by atoms with Crippen molar-refractivity contribution < 1.29 is 4.74 Å². The summed E-state index contributed by atoms with van der Waals surface area (Å²) in [4.78, 5) is 2.20. The normalized spacial score (nSPS) is 15.3. The minimum Gasteiger partial charge on any atom is -0.490 e. The maximum Gasteiger partial charge on any atom is 0.142 e. The highest BCUT2D eigenvalue weighted by Gasteiger charge is 2.13. The molecule has 0 amide bonds. The predicted molar refractivity (Wildman–Crippen MR) is 50.6 cm³/mol. The maximum atomic E-state index is 5.49. The van der Waals surface area contributed by atoms with E-state index in [4.69, 9.17) is 4.74 Å². The van der Waals surface area contributed by atoms with E-state index in [2.05, 4.69) is 28.3 Å². The van der Waals surface area contributed by atoms with E-state index in [0.29, 0.717) is 0 Å². The van der Waals surface area contributed by atoms with E-state index in [1.54, 1.807) is 0 Å². The molecular weight excluding hydrogens is 166 g/mol. The molecule has 61 valence electrons. The summed E-state index contributed by atoms with van der Waals surface area (Å²) in [5.41, 5.74) is 1.16. The van der Waals surface area contributed by atoms with E-state index in [1.807, 2.05) is 12.1 Å². The van der Waals surface area contributed by atoms with Crippen molar-refractivity contribution in [2.24, 2.45) is 0 Å². The van der Waals surface area contributed by atoms with Crippen molar-refractivity contribution in [3.63, 3.8) is 0 Å². The average Bonchev–Trinajstić information content (AvgIpc) is 2.07. The van der Waals surface area contributed by atoms with Gasteiger partial charge in [-0.05, 0) is 12.1 Å². The lowest BCUT2D eigenvalue weighted by Crippen LogP contribution is -2.29. The van der Waals surface area contributed by atoms with Gasteiger partial charge in [0, 0.05) is 7.05 Å². The number of benzene rings is 1. The summed E-state index contributed by atoms with van der Waals surface area (Å²) < 4.78 is 5.49. The molecule has 3 heteroatoms. The molecule has 0 N–H and O–H groups in total. The highest BCUT2D eigenvalue weighted by atomic mass is 28.1. The van der Waals surface area contributed by atoms with E-state index in [-0.39, 0.29) is 0 Å². The number of nitrogens with zero attached hydrogens (tertiary/aromatic N) is 1. The molecule has 3 radical (unpaired) electrons. The topological polar surface area (TPSA) is 12.5 Å². The van der Waals surface area contributed by atoms with Crippen LogP contribution in [0.2, 0.25) is 0 Å². The van der Waals surface area contributed by atoms with E-state index in [0.717, 1.165) is 29.8 Å². The summed E-state index contributed by atoms with van der Waals surface area (Å²) in [6.07, 6.45) is 0. The number of ether oxygens (including phenoxy) is 1. The minimum atomic E-state index is 0.782. The molecule has 0 aliphatic carbocycles. The third-order valence-corrected chi connectivity index (χ3v) is 2.37. The molecule has 0 atom stereocenters. The first-order chi connectivity index (χ1) is 5.77. The SMILES string of the molecule is CN1CCOc2ccc([Si])cc21. The number of hydrogen-bond acceptors (Lipinski definition) is 2. The van der Waals surface area contributed by atoms with Crippen LogP contribution >= 0.6 is 0 Å². The maximum absolute atomic E-state index is 5.49. The molecule has 1 aliphatic rings. The van der Waals surface area contributed by atoms with Gasteiger partial charge in [-0.1, -0.05) is 11.3 Å². The Labute approximate surface area is 75.6 Å². The van der Waals surface area contributed by atoms with Crippen molar-refractivity contribution in [3.05, 3.63) is 18.2 Å². The van der Waals surface area contributed by atoms with E-state index < -0.39 is 0 Å². The Kier molecular flexibility index (Phi) is 1.81. The van der Waals surface area contributed by atoms with Crippen LogP contribution in [0.5, 0.6) is 5.75 Å². The number of anilines is 1. The van der Waals surface area contributed by atoms with Crippen molar-refractivity contribution >= 4 is 21.1 Å². The minimum absolute atomic E-state index is 0.782. The Hall–Kier alpha value is -0.963. The zero-order valence-electron chi connectivity index (χ0n) is 7.00. The Balaban J connectivity index is 2.47. The molecule has 1 aromatic carbocycles. The van der Waals surface area contributed by atoms with Crippen LogP contribution in [0.3, 0.4) is 0 Å². The van der Waals surface area contributed by atoms with Gasteiger partial charge in [-0.25, -0.2) is 0 Å². The highest BCUT2D eigenvalue weighted by Crippen LogP contribution is 2.28. The summed E-state index contributed by atoms with van der Waals surface area (Å²) >= 11 is 0. The van der Waals surface area contributed by atoms with Gasteiger partial charge < -0.3 is 9.64 Å². The lowest BCUT2D eigenvalue weighted by molar-refractivity contribution is 0.311. The number of rotatable bonds is 0. The number of fused-ring (bicyclic) bond motifs is 1. The predicted octanol–water partition coefficient (Wildman–Crippen LogP) is 0.309. The fraction of sp³-hybridized carbons (Fsp3) is 0.333. The lowest BCUT2D eigenvalue weighted by atomic mass is 10.2. The van der Waals surface area contributed by atoms with Crippen molar-refractivity contribution in [1.82, 2.24) is 0 Å². The fourth-order valence-electron chi connectivity index (χ4n) is 1.35. The zero-order valence-corrected chi connectivity index (χ0v) is 8.00. The van der Waals surface area contributed by atoms with Crippen LogP contribution in [-0.2, 0) is 0 Å². The van der Waals surface area contributed by atoms with Crippen LogP contribution in [0.4, 0.5) is 5.69 Å². The molecule has 0 aromatic heterocycles. The molecule has 0 spiro atoms. The Morgan fingerprint density at radius 3 is 3.17 bits per heavy atom. The Morgan fingerprint density at radius 2 is 2.33 bits per heavy atom. The lowest BCUT2D eigenvalue weighted by Gasteiger charge is -2.27. The third kappa shape index (κ3) is 1.20. The molecule has 12 heavy (non-hydrogen) atoms. The van der Waals surface area contributed by atoms with Crippen molar-refractivity contribution in [1.29, 1.82) is 0 Å². The van der Waals surface area contributed by atoms with Crippen LogP contribution in [-0.4, -0.2) is 30.4 Å². The van der Waals surface area contributed by atoms with Gasteiger partial charge in [0.1, 0.15) is 12.4 Å². The third-order valence-electron chi connectivity index (χ3n) is 2.05.